The fourth-order valence-electron chi connectivity index (χ4n) is 8.19. The van der Waals surface area contributed by atoms with E-state index < -0.39 is 17.3 Å². The van der Waals surface area contributed by atoms with Crippen LogP contribution in [0, 0.1) is 11.8 Å². The molecule has 9 amide bonds. The number of likely N-dealkylation sites (tertiary alicyclic amines) is 2. The second kappa shape index (κ2) is 24.3. The summed E-state index contributed by atoms with van der Waals surface area (Å²) >= 11 is 2.84. The number of imide groups is 2. The number of benzene rings is 1. The third kappa shape index (κ3) is 14.6. The normalized spacial score (nSPS) is 23.2. The first-order chi connectivity index (χ1) is 29.4. The van der Waals surface area contributed by atoms with Gasteiger partial charge in [-0.1, -0.05) is 37.5 Å². The van der Waals surface area contributed by atoms with E-state index in [9.17, 15) is 43.2 Å². The lowest BCUT2D eigenvalue weighted by Gasteiger charge is -2.28. The van der Waals surface area contributed by atoms with Crippen LogP contribution in [0.5, 0.6) is 0 Å². The molecule has 0 spiro atoms. The van der Waals surface area contributed by atoms with Gasteiger partial charge in [0.15, 0.2) is 0 Å². The summed E-state index contributed by atoms with van der Waals surface area (Å²) in [4.78, 5) is 115. The Morgan fingerprint density at radius 1 is 0.770 bits per heavy atom. The molecule has 61 heavy (non-hydrogen) atoms. The first kappa shape index (κ1) is 47.6. The summed E-state index contributed by atoms with van der Waals surface area (Å²) in [5.74, 6) is -0.840. The minimum atomic E-state index is -0.773. The second-order valence-electron chi connectivity index (χ2n) is 16.3. The van der Waals surface area contributed by atoms with E-state index in [4.69, 9.17) is 0 Å². The predicted molar refractivity (Wildman–Crippen MR) is 233 cm³/mol. The van der Waals surface area contributed by atoms with Crippen molar-refractivity contribution in [3.8, 4) is 0 Å². The largest absolute Gasteiger partial charge is 0.356 e. The summed E-state index contributed by atoms with van der Waals surface area (Å²) < 4.78 is 0. The molecule has 4 atom stereocenters. The molecule has 4 aliphatic rings. The van der Waals surface area contributed by atoms with Gasteiger partial charge in [0.2, 0.25) is 53.2 Å². The highest BCUT2D eigenvalue weighted by Crippen LogP contribution is 2.29. The molecule has 1 aliphatic carbocycles. The van der Waals surface area contributed by atoms with E-state index in [0.29, 0.717) is 75.4 Å². The maximum Gasteiger partial charge on any atom is 0.246 e. The van der Waals surface area contributed by atoms with E-state index in [1.54, 1.807) is 24.3 Å². The molecule has 0 bridgehead atoms. The molecular formula is C43H61N7O9S2. The first-order valence-corrected chi connectivity index (χ1v) is 24.1. The molecule has 5 rings (SSSR count). The van der Waals surface area contributed by atoms with Crippen LogP contribution in [-0.4, -0.2) is 124 Å². The lowest BCUT2D eigenvalue weighted by Crippen LogP contribution is -2.50. The number of nitrogens with one attached hydrogen (secondary N) is 5. The first-order valence-electron chi connectivity index (χ1n) is 21.8. The van der Waals surface area contributed by atoms with E-state index in [2.05, 4.69) is 26.6 Å². The summed E-state index contributed by atoms with van der Waals surface area (Å²) in [6.45, 7) is 1.34. The van der Waals surface area contributed by atoms with Crippen molar-refractivity contribution in [1.29, 1.82) is 0 Å². The van der Waals surface area contributed by atoms with Crippen molar-refractivity contribution in [3.63, 3.8) is 0 Å². The Hall–Kier alpha value is -4.45. The van der Waals surface area contributed by atoms with Crippen LogP contribution in [0.3, 0.4) is 0 Å². The Morgan fingerprint density at radius 2 is 1.46 bits per heavy atom. The average Bonchev–Trinajstić information content (AvgIpc) is 3.90. The second-order valence-corrected chi connectivity index (χ2v) is 18.7. The Balaban J connectivity index is 0.887. The van der Waals surface area contributed by atoms with Crippen LogP contribution in [-0.2, 0) is 43.2 Å². The molecule has 16 nitrogen and oxygen atoms in total. The molecule has 5 N–H and O–H groups in total. The van der Waals surface area contributed by atoms with Gasteiger partial charge < -0.3 is 26.6 Å². The highest BCUT2D eigenvalue weighted by atomic mass is 32.2. The van der Waals surface area contributed by atoms with Gasteiger partial charge in [-0.25, -0.2) is 0 Å². The Kier molecular flexibility index (Phi) is 18.9. The van der Waals surface area contributed by atoms with Gasteiger partial charge >= 0.3 is 0 Å². The number of para-hydroxylation sites is 1. The van der Waals surface area contributed by atoms with Crippen molar-refractivity contribution in [2.24, 2.45) is 11.8 Å². The van der Waals surface area contributed by atoms with Gasteiger partial charge in [0.25, 0.3) is 0 Å². The summed E-state index contributed by atoms with van der Waals surface area (Å²) in [5.41, 5.74) is 0.620. The van der Waals surface area contributed by atoms with Gasteiger partial charge in [-0.15, -0.1) is 11.8 Å². The molecule has 0 aromatic heterocycles. The van der Waals surface area contributed by atoms with Crippen LogP contribution >= 0.6 is 23.5 Å². The zero-order chi connectivity index (χ0) is 43.7. The fraction of sp³-hybridized carbons (Fsp3) is 0.651. The molecule has 0 radical (unpaired) electrons. The Morgan fingerprint density at radius 3 is 2.15 bits per heavy atom. The van der Waals surface area contributed by atoms with Crippen LogP contribution < -0.4 is 26.6 Å². The van der Waals surface area contributed by atoms with E-state index in [0.717, 1.165) is 38.5 Å². The van der Waals surface area contributed by atoms with Crippen LogP contribution in [0.25, 0.3) is 0 Å². The van der Waals surface area contributed by atoms with Crippen LogP contribution in [0.2, 0.25) is 0 Å². The molecule has 1 saturated carbocycles. The van der Waals surface area contributed by atoms with Crippen LogP contribution in [0.15, 0.2) is 30.3 Å². The molecule has 3 heterocycles. The lowest BCUT2D eigenvalue weighted by atomic mass is 9.81. The highest BCUT2D eigenvalue weighted by molar-refractivity contribution is 8.00. The molecule has 18 heteroatoms. The number of rotatable bonds is 24. The molecule has 3 aliphatic heterocycles. The SMILES string of the molecule is CSC1CC(=O)N(CCNC(=O)C2CCC(CNC(=O)CCCCCN3C(=O)CC(SCCCCC[C@H](NC(=O)C4CCC(=O)N4)C(=O)Nc4ccccc4)C3=O)CC2)C1=O. The minimum absolute atomic E-state index is 0.0332. The number of carbonyl (C=O) groups excluding carboxylic acids is 9. The van der Waals surface area contributed by atoms with E-state index in [1.165, 1.54) is 33.3 Å². The molecule has 1 aromatic rings. The number of anilines is 1. The van der Waals surface area contributed by atoms with Gasteiger partial charge in [-0.2, -0.15) is 11.8 Å². The lowest BCUT2D eigenvalue weighted by molar-refractivity contribution is -0.140. The van der Waals surface area contributed by atoms with E-state index >= 15 is 0 Å². The smallest absolute Gasteiger partial charge is 0.246 e. The third-order valence-electron chi connectivity index (χ3n) is 11.9. The van der Waals surface area contributed by atoms with Crippen LogP contribution in [0.4, 0.5) is 5.69 Å². The van der Waals surface area contributed by atoms with Gasteiger partial charge in [0.05, 0.1) is 10.5 Å². The number of amides is 9. The molecule has 3 saturated heterocycles. The summed E-state index contributed by atoms with van der Waals surface area (Å²) in [5, 5.41) is 13.5. The van der Waals surface area contributed by atoms with Crippen LogP contribution in [0.1, 0.15) is 103 Å². The zero-order valence-corrected chi connectivity index (χ0v) is 36.7. The maximum atomic E-state index is 13.1. The van der Waals surface area contributed by atoms with Crippen molar-refractivity contribution in [2.75, 3.05) is 43.5 Å². The molecule has 1 aromatic carbocycles. The monoisotopic (exact) mass is 883 g/mol. The van der Waals surface area contributed by atoms with Gasteiger partial charge in [-0.05, 0) is 87.8 Å². The number of hydrogen-bond donors (Lipinski definition) is 5. The van der Waals surface area contributed by atoms with Crippen molar-refractivity contribution in [1.82, 2.24) is 31.1 Å². The van der Waals surface area contributed by atoms with Gasteiger partial charge in [0.1, 0.15) is 12.1 Å². The minimum Gasteiger partial charge on any atom is -0.356 e. The van der Waals surface area contributed by atoms with Crippen molar-refractivity contribution in [3.05, 3.63) is 30.3 Å². The van der Waals surface area contributed by atoms with Crippen molar-refractivity contribution in [2.45, 2.75) is 125 Å². The number of thioether (sulfide) groups is 2. The topological polar surface area (TPSA) is 220 Å². The number of hydrogen-bond acceptors (Lipinski definition) is 11. The van der Waals surface area contributed by atoms with E-state index in [1.807, 2.05) is 12.3 Å². The van der Waals surface area contributed by atoms with Crippen molar-refractivity contribution >= 4 is 82.4 Å². The number of nitrogens with zero attached hydrogens (tertiary/aromatic N) is 2. The molecule has 4 fully saturated rings. The molecule has 3 unspecified atom stereocenters. The van der Waals surface area contributed by atoms with Gasteiger partial charge in [0, 0.05) is 63.5 Å². The van der Waals surface area contributed by atoms with Gasteiger partial charge in [-0.3, -0.25) is 53.0 Å². The summed E-state index contributed by atoms with van der Waals surface area (Å²) in [7, 11) is 0. The molecule has 334 valence electrons. The third-order valence-corrected chi connectivity index (χ3v) is 14.1. The number of carbonyl (C=O) groups is 9. The average molecular weight is 884 g/mol. The maximum absolute atomic E-state index is 13.1. The fourth-order valence-corrected chi connectivity index (χ4v) is 10.0. The standard InChI is InChI=1S/C43H61N7O9S2/c1-60-33-25-37(53)50(42(33)58)23-21-44-39(55)29-17-15-28(16-18-29)27-45-35(51)14-8-3-9-22-49-38(54)26-34(43(49)59)61-24-10-4-7-13-31(40(56)46-30-11-5-2-6-12-30)48-41(57)32-19-20-36(52)47-32/h2,5-6,11-12,28-29,31-34H,3-4,7-10,13-27H2,1H3,(H,44,55)(H,45,51)(H,46,56)(H,47,52)(H,48,57)/t28?,29?,31-,32?,33?,34?/m0/s1. The molecular weight excluding hydrogens is 823 g/mol. The predicted octanol–water partition coefficient (Wildman–Crippen LogP) is 2.90. The van der Waals surface area contributed by atoms with E-state index in [-0.39, 0.29) is 96.7 Å². The zero-order valence-electron chi connectivity index (χ0n) is 35.1. The Labute approximate surface area is 366 Å². The number of unbranched alkanes of at least 4 members (excludes halogenated alkanes) is 4. The quantitative estimate of drug-likeness (QED) is 0.0751. The summed E-state index contributed by atoms with van der Waals surface area (Å²) in [6, 6.07) is 7.56. The Bertz CT molecular complexity index is 1740. The highest BCUT2D eigenvalue weighted by Gasteiger charge is 2.39. The summed E-state index contributed by atoms with van der Waals surface area (Å²) in [6.07, 6.45) is 10.9. The van der Waals surface area contributed by atoms with Crippen molar-refractivity contribution < 1.29 is 43.2 Å².